The molecule has 6 nitrogen and oxygen atoms in total. The highest BCUT2D eigenvalue weighted by Gasteiger charge is 2.20. The molecule has 2 heterocycles. The Bertz CT molecular complexity index is 746. The fraction of sp³-hybridized carbons (Fsp3) is 0.654. The first kappa shape index (κ1) is 26.0. The summed E-state index contributed by atoms with van der Waals surface area (Å²) in [7, 11) is 0. The fourth-order valence-corrected chi connectivity index (χ4v) is 4.03. The summed E-state index contributed by atoms with van der Waals surface area (Å²) in [4.78, 5) is 13.7. The van der Waals surface area contributed by atoms with Gasteiger partial charge in [-0.25, -0.2) is 0 Å². The van der Waals surface area contributed by atoms with E-state index in [2.05, 4.69) is 46.6 Å². The summed E-state index contributed by atoms with van der Waals surface area (Å²) in [5, 5.41) is 15.1. The zero-order chi connectivity index (χ0) is 23.0. The molecule has 0 radical (unpaired) electrons. The molecule has 1 aliphatic rings. The molecule has 0 bridgehead atoms. The molecule has 0 spiro atoms. The smallest absolute Gasteiger partial charge is 0.300 e. The number of aryl methyl sites for hydroxylation is 1. The van der Waals surface area contributed by atoms with Crippen molar-refractivity contribution >= 4 is 5.97 Å². The Kier molecular flexibility index (Phi) is 12.7. The van der Waals surface area contributed by atoms with Crippen LogP contribution in [-0.4, -0.2) is 34.3 Å². The largest absolute Gasteiger partial charge is 0.481 e. The van der Waals surface area contributed by atoms with E-state index in [0.717, 1.165) is 43.7 Å². The minimum atomic E-state index is -0.833. The standard InChI is InChI=1S/C24H37N3O.C2H4O2/c1-2-3-4-5-6-7-8-9-12-20-14-16-21(17-15-20)23-26-24(28-27-23)22-13-10-11-18-25-19-22;1-2(3)4/h14-17,22,25H,2-13,18-19H2,1H3;1H3,(H,3,4). The molecule has 0 saturated carbocycles. The molecule has 6 heteroatoms. The van der Waals surface area contributed by atoms with Crippen LogP contribution in [-0.2, 0) is 11.2 Å². The van der Waals surface area contributed by atoms with Crippen molar-refractivity contribution in [3.8, 4) is 11.4 Å². The summed E-state index contributed by atoms with van der Waals surface area (Å²) in [5.41, 5.74) is 2.46. The van der Waals surface area contributed by atoms with Crippen LogP contribution in [0.3, 0.4) is 0 Å². The van der Waals surface area contributed by atoms with Gasteiger partial charge < -0.3 is 14.9 Å². The Balaban J connectivity index is 0.000000837. The van der Waals surface area contributed by atoms with Crippen molar-refractivity contribution < 1.29 is 14.4 Å². The van der Waals surface area contributed by atoms with E-state index < -0.39 is 5.97 Å². The number of rotatable bonds is 11. The van der Waals surface area contributed by atoms with Crippen molar-refractivity contribution in [3.05, 3.63) is 35.7 Å². The Labute approximate surface area is 193 Å². The number of aliphatic carboxylic acids is 1. The van der Waals surface area contributed by atoms with E-state index in [9.17, 15) is 0 Å². The lowest BCUT2D eigenvalue weighted by molar-refractivity contribution is -0.134. The van der Waals surface area contributed by atoms with Crippen LogP contribution in [0, 0.1) is 0 Å². The number of benzene rings is 1. The third-order valence-electron chi connectivity index (χ3n) is 5.87. The van der Waals surface area contributed by atoms with E-state index in [1.807, 2.05) is 0 Å². The van der Waals surface area contributed by atoms with E-state index in [1.165, 1.54) is 76.2 Å². The van der Waals surface area contributed by atoms with Gasteiger partial charge in [0, 0.05) is 19.0 Å². The number of aromatic nitrogens is 2. The summed E-state index contributed by atoms with van der Waals surface area (Å²) in [5.74, 6) is 1.02. The second-order valence-corrected chi connectivity index (χ2v) is 8.79. The van der Waals surface area contributed by atoms with Crippen molar-refractivity contribution in [1.29, 1.82) is 0 Å². The number of nitrogens with one attached hydrogen (secondary N) is 1. The molecule has 3 rings (SSSR count). The van der Waals surface area contributed by atoms with Crippen LogP contribution in [0.2, 0.25) is 0 Å². The van der Waals surface area contributed by atoms with Gasteiger partial charge in [0.1, 0.15) is 0 Å². The zero-order valence-electron chi connectivity index (χ0n) is 19.9. The number of carboxylic acids is 1. The molecule has 1 aliphatic heterocycles. The van der Waals surface area contributed by atoms with Gasteiger partial charge >= 0.3 is 0 Å². The lowest BCUT2D eigenvalue weighted by Crippen LogP contribution is -2.19. The third-order valence-corrected chi connectivity index (χ3v) is 5.87. The first-order chi connectivity index (χ1) is 15.6. The highest BCUT2D eigenvalue weighted by Crippen LogP contribution is 2.25. The number of carbonyl (C=O) groups is 1. The predicted molar refractivity (Wildman–Crippen MR) is 129 cm³/mol. The van der Waals surface area contributed by atoms with E-state index in [1.54, 1.807) is 0 Å². The summed E-state index contributed by atoms with van der Waals surface area (Å²) in [6, 6.07) is 8.72. The number of hydrogen-bond acceptors (Lipinski definition) is 5. The molecule has 0 aliphatic carbocycles. The first-order valence-electron chi connectivity index (χ1n) is 12.4. The molecular formula is C26H41N3O3. The minimum Gasteiger partial charge on any atom is -0.481 e. The highest BCUT2D eigenvalue weighted by atomic mass is 16.5. The summed E-state index contributed by atoms with van der Waals surface area (Å²) >= 11 is 0. The van der Waals surface area contributed by atoms with Crippen LogP contribution in [0.25, 0.3) is 11.4 Å². The average molecular weight is 444 g/mol. The molecule has 0 amide bonds. The summed E-state index contributed by atoms with van der Waals surface area (Å²) in [6.45, 7) is 5.40. The Hall–Kier alpha value is -2.21. The van der Waals surface area contributed by atoms with Crippen LogP contribution in [0.4, 0.5) is 0 Å². The van der Waals surface area contributed by atoms with Gasteiger partial charge in [-0.3, -0.25) is 4.79 Å². The van der Waals surface area contributed by atoms with E-state index in [0.29, 0.717) is 5.92 Å². The maximum Gasteiger partial charge on any atom is 0.300 e. The Morgan fingerprint density at radius 2 is 1.72 bits per heavy atom. The Morgan fingerprint density at radius 1 is 1.06 bits per heavy atom. The quantitative estimate of drug-likeness (QED) is 0.392. The number of nitrogens with zero attached hydrogens (tertiary/aromatic N) is 2. The maximum atomic E-state index is 9.00. The van der Waals surface area contributed by atoms with Crippen LogP contribution < -0.4 is 5.32 Å². The third kappa shape index (κ3) is 10.4. The van der Waals surface area contributed by atoms with Crippen LogP contribution in [0.1, 0.15) is 102 Å². The number of unbranched alkanes of at least 4 members (excludes halogenated alkanes) is 7. The Morgan fingerprint density at radius 3 is 2.41 bits per heavy atom. The molecule has 2 N–H and O–H groups in total. The van der Waals surface area contributed by atoms with Crippen LogP contribution >= 0.6 is 0 Å². The fourth-order valence-electron chi connectivity index (χ4n) is 4.03. The molecule has 1 fully saturated rings. The highest BCUT2D eigenvalue weighted by molar-refractivity contribution is 5.63. The number of carboxylic acid groups (broad SMARTS) is 1. The average Bonchev–Trinajstić information content (AvgIpc) is 3.11. The maximum absolute atomic E-state index is 9.00. The van der Waals surface area contributed by atoms with Crippen molar-refractivity contribution in [1.82, 2.24) is 15.5 Å². The van der Waals surface area contributed by atoms with Crippen LogP contribution in [0.5, 0.6) is 0 Å². The van der Waals surface area contributed by atoms with Crippen molar-refractivity contribution in [2.75, 3.05) is 13.1 Å². The minimum absolute atomic E-state index is 0.352. The summed E-state index contributed by atoms with van der Waals surface area (Å²) < 4.78 is 5.57. The predicted octanol–water partition coefficient (Wildman–Crippen LogP) is 6.37. The molecule has 2 aromatic rings. The molecule has 1 aromatic carbocycles. The van der Waals surface area contributed by atoms with Gasteiger partial charge in [0.15, 0.2) is 0 Å². The van der Waals surface area contributed by atoms with Crippen molar-refractivity contribution in [2.24, 2.45) is 0 Å². The van der Waals surface area contributed by atoms with Gasteiger partial charge in [-0.1, -0.05) is 87.7 Å². The lowest BCUT2D eigenvalue weighted by atomic mass is 10.0. The van der Waals surface area contributed by atoms with Gasteiger partial charge in [0.05, 0.1) is 5.92 Å². The van der Waals surface area contributed by atoms with Gasteiger partial charge in [0.25, 0.3) is 5.97 Å². The van der Waals surface area contributed by atoms with Crippen molar-refractivity contribution in [3.63, 3.8) is 0 Å². The molecule has 178 valence electrons. The second kappa shape index (κ2) is 15.6. The van der Waals surface area contributed by atoms with E-state index in [4.69, 9.17) is 14.4 Å². The molecule has 1 unspecified atom stereocenters. The van der Waals surface area contributed by atoms with Crippen molar-refractivity contribution in [2.45, 2.75) is 96.8 Å². The van der Waals surface area contributed by atoms with E-state index in [-0.39, 0.29) is 0 Å². The van der Waals surface area contributed by atoms with Gasteiger partial charge in [0.2, 0.25) is 11.7 Å². The molecular weight excluding hydrogens is 402 g/mol. The molecule has 1 atom stereocenters. The summed E-state index contributed by atoms with van der Waals surface area (Å²) in [6.07, 6.45) is 15.7. The van der Waals surface area contributed by atoms with Gasteiger partial charge in [-0.2, -0.15) is 4.98 Å². The monoisotopic (exact) mass is 443 g/mol. The first-order valence-corrected chi connectivity index (χ1v) is 12.4. The lowest BCUT2D eigenvalue weighted by Gasteiger charge is -2.07. The van der Waals surface area contributed by atoms with E-state index >= 15 is 0 Å². The molecule has 1 saturated heterocycles. The zero-order valence-corrected chi connectivity index (χ0v) is 19.9. The topological polar surface area (TPSA) is 88.2 Å². The second-order valence-electron chi connectivity index (χ2n) is 8.79. The molecule has 1 aromatic heterocycles. The van der Waals surface area contributed by atoms with Gasteiger partial charge in [-0.15, -0.1) is 0 Å². The van der Waals surface area contributed by atoms with Gasteiger partial charge in [-0.05, 0) is 37.8 Å². The molecule has 32 heavy (non-hydrogen) atoms. The number of hydrogen-bond donors (Lipinski definition) is 2. The normalized spacial score (nSPS) is 16.1. The SMILES string of the molecule is CC(=O)O.CCCCCCCCCCc1ccc(-c2noc(C3CCCCNC3)n2)cc1. The van der Waals surface area contributed by atoms with Crippen LogP contribution in [0.15, 0.2) is 28.8 Å².